The SMILES string of the molecule is CSC1CCCC(n2cnc3cc(N)ccc32)C1. The van der Waals surface area contributed by atoms with Gasteiger partial charge in [-0.3, -0.25) is 0 Å². The molecule has 1 aliphatic rings. The minimum atomic E-state index is 0.602. The van der Waals surface area contributed by atoms with E-state index in [1.165, 1.54) is 31.2 Å². The van der Waals surface area contributed by atoms with Crippen LogP contribution in [0.3, 0.4) is 0 Å². The van der Waals surface area contributed by atoms with Gasteiger partial charge in [-0.1, -0.05) is 6.42 Å². The van der Waals surface area contributed by atoms with E-state index >= 15 is 0 Å². The fourth-order valence-corrected chi connectivity index (χ4v) is 3.74. The highest BCUT2D eigenvalue weighted by atomic mass is 32.2. The summed E-state index contributed by atoms with van der Waals surface area (Å²) in [6.45, 7) is 0. The number of rotatable bonds is 2. The molecular formula is C14H19N3S. The lowest BCUT2D eigenvalue weighted by Gasteiger charge is -2.29. The summed E-state index contributed by atoms with van der Waals surface area (Å²) in [6.07, 6.45) is 9.42. The van der Waals surface area contributed by atoms with Gasteiger partial charge in [-0.25, -0.2) is 4.98 Å². The molecule has 2 N–H and O–H groups in total. The van der Waals surface area contributed by atoms with Crippen molar-refractivity contribution in [1.29, 1.82) is 0 Å². The summed E-state index contributed by atoms with van der Waals surface area (Å²) in [6, 6.07) is 6.63. The van der Waals surface area contributed by atoms with Gasteiger partial charge < -0.3 is 10.3 Å². The van der Waals surface area contributed by atoms with Crippen molar-refractivity contribution >= 4 is 28.5 Å². The molecule has 0 saturated heterocycles. The lowest BCUT2D eigenvalue weighted by Crippen LogP contribution is -2.20. The number of thioether (sulfide) groups is 1. The van der Waals surface area contributed by atoms with E-state index in [9.17, 15) is 0 Å². The minimum Gasteiger partial charge on any atom is -0.399 e. The van der Waals surface area contributed by atoms with Crippen molar-refractivity contribution in [3.63, 3.8) is 0 Å². The zero-order valence-electron chi connectivity index (χ0n) is 10.7. The Kier molecular flexibility index (Phi) is 3.20. The van der Waals surface area contributed by atoms with Gasteiger partial charge in [-0.15, -0.1) is 0 Å². The lowest BCUT2D eigenvalue weighted by molar-refractivity contribution is 0.367. The van der Waals surface area contributed by atoms with Crippen LogP contribution < -0.4 is 5.73 Å². The molecule has 1 aromatic heterocycles. The van der Waals surface area contributed by atoms with E-state index in [4.69, 9.17) is 5.73 Å². The second kappa shape index (κ2) is 4.84. The van der Waals surface area contributed by atoms with Gasteiger partial charge in [-0.2, -0.15) is 11.8 Å². The Morgan fingerprint density at radius 2 is 2.28 bits per heavy atom. The average Bonchev–Trinajstić information content (AvgIpc) is 2.81. The maximum Gasteiger partial charge on any atom is 0.0960 e. The van der Waals surface area contributed by atoms with E-state index in [1.54, 1.807) is 0 Å². The molecule has 1 heterocycles. The topological polar surface area (TPSA) is 43.8 Å². The molecule has 2 aromatic rings. The quantitative estimate of drug-likeness (QED) is 0.842. The van der Waals surface area contributed by atoms with Gasteiger partial charge in [0, 0.05) is 17.0 Å². The molecule has 1 fully saturated rings. The number of benzene rings is 1. The molecule has 3 nitrogen and oxygen atoms in total. The third-order valence-electron chi connectivity index (χ3n) is 3.92. The molecule has 3 rings (SSSR count). The average molecular weight is 261 g/mol. The Morgan fingerprint density at radius 1 is 1.39 bits per heavy atom. The Labute approximate surface area is 112 Å². The summed E-state index contributed by atoms with van der Waals surface area (Å²) in [5, 5.41) is 0.801. The van der Waals surface area contributed by atoms with Gasteiger partial charge in [0.15, 0.2) is 0 Å². The number of anilines is 1. The van der Waals surface area contributed by atoms with E-state index in [0.29, 0.717) is 6.04 Å². The van der Waals surface area contributed by atoms with Gasteiger partial charge in [0.05, 0.1) is 17.4 Å². The second-order valence-electron chi connectivity index (χ2n) is 5.08. The molecule has 0 aliphatic heterocycles. The van der Waals surface area contributed by atoms with E-state index in [2.05, 4.69) is 21.9 Å². The summed E-state index contributed by atoms with van der Waals surface area (Å²) in [7, 11) is 0. The van der Waals surface area contributed by atoms with E-state index in [1.807, 2.05) is 30.2 Å². The summed E-state index contributed by atoms with van der Waals surface area (Å²) in [4.78, 5) is 4.48. The van der Waals surface area contributed by atoms with E-state index in [-0.39, 0.29) is 0 Å². The van der Waals surface area contributed by atoms with Crippen LogP contribution >= 0.6 is 11.8 Å². The molecule has 1 saturated carbocycles. The smallest absolute Gasteiger partial charge is 0.0960 e. The molecule has 4 heteroatoms. The maximum atomic E-state index is 5.80. The molecule has 0 radical (unpaired) electrons. The van der Waals surface area contributed by atoms with Crippen LogP contribution in [-0.2, 0) is 0 Å². The van der Waals surface area contributed by atoms with Crippen LogP contribution in [0.4, 0.5) is 5.69 Å². The number of hydrogen-bond donors (Lipinski definition) is 1. The van der Waals surface area contributed by atoms with E-state index < -0.39 is 0 Å². The van der Waals surface area contributed by atoms with Crippen molar-refractivity contribution in [2.45, 2.75) is 37.0 Å². The largest absolute Gasteiger partial charge is 0.399 e. The number of imidazole rings is 1. The Balaban J connectivity index is 1.94. The van der Waals surface area contributed by atoms with Crippen LogP contribution in [0.1, 0.15) is 31.7 Å². The standard InChI is InChI=1S/C14H19N3S/c1-18-12-4-2-3-11(8-12)17-9-16-13-7-10(15)5-6-14(13)17/h5-7,9,11-12H,2-4,8,15H2,1H3. The van der Waals surface area contributed by atoms with Crippen LogP contribution in [0.2, 0.25) is 0 Å². The fraction of sp³-hybridized carbons (Fsp3) is 0.500. The Hall–Kier alpha value is -1.16. The first kappa shape index (κ1) is 11.9. The zero-order chi connectivity index (χ0) is 12.5. The van der Waals surface area contributed by atoms with Crippen molar-refractivity contribution in [3.05, 3.63) is 24.5 Å². The van der Waals surface area contributed by atoms with Gasteiger partial charge in [0.25, 0.3) is 0 Å². The zero-order valence-corrected chi connectivity index (χ0v) is 11.5. The molecule has 2 atom stereocenters. The highest BCUT2D eigenvalue weighted by Crippen LogP contribution is 2.35. The van der Waals surface area contributed by atoms with Crippen LogP contribution in [0, 0.1) is 0 Å². The molecule has 96 valence electrons. The van der Waals surface area contributed by atoms with Gasteiger partial charge in [0.1, 0.15) is 0 Å². The van der Waals surface area contributed by atoms with Crippen molar-refractivity contribution in [1.82, 2.24) is 9.55 Å². The molecule has 1 aliphatic carbocycles. The number of fused-ring (bicyclic) bond motifs is 1. The predicted octanol–water partition coefficient (Wildman–Crippen LogP) is 3.47. The molecule has 0 amide bonds. The first-order chi connectivity index (χ1) is 8.78. The molecule has 2 unspecified atom stereocenters. The van der Waals surface area contributed by atoms with Crippen molar-refractivity contribution in [2.24, 2.45) is 0 Å². The van der Waals surface area contributed by atoms with Crippen LogP contribution in [-0.4, -0.2) is 21.1 Å². The Bertz CT molecular complexity index is 549. The predicted molar refractivity (Wildman–Crippen MR) is 79.0 cm³/mol. The number of aromatic nitrogens is 2. The van der Waals surface area contributed by atoms with Crippen molar-refractivity contribution < 1.29 is 0 Å². The monoisotopic (exact) mass is 261 g/mol. The van der Waals surface area contributed by atoms with E-state index in [0.717, 1.165) is 16.5 Å². The summed E-state index contributed by atoms with van der Waals surface area (Å²) >= 11 is 2.00. The Morgan fingerprint density at radius 3 is 3.11 bits per heavy atom. The number of nitrogens with zero attached hydrogens (tertiary/aromatic N) is 2. The molecule has 18 heavy (non-hydrogen) atoms. The first-order valence-corrected chi connectivity index (χ1v) is 7.81. The summed E-state index contributed by atoms with van der Waals surface area (Å²) in [5.41, 5.74) is 8.83. The summed E-state index contributed by atoms with van der Waals surface area (Å²) < 4.78 is 2.34. The third-order valence-corrected chi connectivity index (χ3v) is 5.02. The maximum absolute atomic E-state index is 5.80. The number of nitrogen functional groups attached to an aromatic ring is 1. The van der Waals surface area contributed by atoms with Gasteiger partial charge in [-0.05, 0) is 43.7 Å². The van der Waals surface area contributed by atoms with Gasteiger partial charge in [0.2, 0.25) is 0 Å². The highest BCUT2D eigenvalue weighted by Gasteiger charge is 2.23. The van der Waals surface area contributed by atoms with Crippen LogP contribution in [0.5, 0.6) is 0 Å². The van der Waals surface area contributed by atoms with Crippen LogP contribution in [0.25, 0.3) is 11.0 Å². The lowest BCUT2D eigenvalue weighted by atomic mass is 9.94. The highest BCUT2D eigenvalue weighted by molar-refractivity contribution is 7.99. The number of nitrogens with two attached hydrogens (primary N) is 1. The first-order valence-electron chi connectivity index (χ1n) is 6.53. The minimum absolute atomic E-state index is 0.602. The fourth-order valence-electron chi connectivity index (χ4n) is 2.93. The normalized spacial score (nSPS) is 24.5. The molecule has 0 spiro atoms. The van der Waals surface area contributed by atoms with Gasteiger partial charge >= 0.3 is 0 Å². The van der Waals surface area contributed by atoms with Crippen LogP contribution in [0.15, 0.2) is 24.5 Å². The van der Waals surface area contributed by atoms with Crippen molar-refractivity contribution in [3.8, 4) is 0 Å². The number of hydrogen-bond acceptors (Lipinski definition) is 3. The second-order valence-corrected chi connectivity index (χ2v) is 6.22. The summed E-state index contributed by atoms with van der Waals surface area (Å²) in [5.74, 6) is 0. The third kappa shape index (κ3) is 2.09. The molecular weight excluding hydrogens is 242 g/mol. The molecule has 0 bridgehead atoms. The van der Waals surface area contributed by atoms with Crippen molar-refractivity contribution in [2.75, 3.05) is 12.0 Å². The molecule has 1 aromatic carbocycles.